The van der Waals surface area contributed by atoms with Gasteiger partial charge in [-0.1, -0.05) is 22.9 Å². The Labute approximate surface area is 124 Å². The lowest BCUT2D eigenvalue weighted by Gasteiger charge is -2.06. The molecule has 7 heteroatoms. The Bertz CT molecular complexity index is 551. The van der Waals surface area contributed by atoms with Crippen LogP contribution in [0.3, 0.4) is 0 Å². The first-order valence-corrected chi connectivity index (χ1v) is 6.82. The minimum Gasteiger partial charge on any atom is -0.463 e. The smallest absolute Gasteiger partial charge is 0.329 e. The molecule has 1 heterocycles. The first kappa shape index (κ1) is 14.0. The molecule has 0 unspecified atom stereocenters. The van der Waals surface area contributed by atoms with E-state index in [1.165, 1.54) is 0 Å². The minimum absolute atomic E-state index is 0.0354. The van der Waals surface area contributed by atoms with Gasteiger partial charge in [0.2, 0.25) is 5.28 Å². The average molecular weight is 345 g/mol. The molecule has 2 rings (SSSR count). The highest BCUT2D eigenvalue weighted by molar-refractivity contribution is 9.10. The van der Waals surface area contributed by atoms with Crippen molar-refractivity contribution in [2.45, 2.75) is 13.3 Å². The molecule has 0 saturated heterocycles. The van der Waals surface area contributed by atoms with Gasteiger partial charge in [0, 0.05) is 4.47 Å². The molecule has 100 valence electrons. The topological polar surface area (TPSA) is 57.1 Å². The Morgan fingerprint density at radius 3 is 2.47 bits per heavy atom. The van der Waals surface area contributed by atoms with E-state index >= 15 is 0 Å². The van der Waals surface area contributed by atoms with E-state index < -0.39 is 0 Å². The van der Waals surface area contributed by atoms with Gasteiger partial charge in [0.25, 0.3) is 0 Å². The molecule has 19 heavy (non-hydrogen) atoms. The molecule has 5 nitrogen and oxygen atoms in total. The van der Waals surface area contributed by atoms with Gasteiger partial charge in [-0.2, -0.15) is 9.97 Å². The van der Waals surface area contributed by atoms with Gasteiger partial charge in [0.1, 0.15) is 5.75 Å². The van der Waals surface area contributed by atoms with Crippen molar-refractivity contribution in [2.75, 3.05) is 6.61 Å². The number of hydrogen-bond donors (Lipinski definition) is 0. The van der Waals surface area contributed by atoms with Crippen LogP contribution in [-0.4, -0.2) is 21.6 Å². The van der Waals surface area contributed by atoms with Crippen LogP contribution in [0, 0.1) is 0 Å². The molecule has 0 amide bonds. The zero-order valence-electron chi connectivity index (χ0n) is 10.1. The summed E-state index contributed by atoms with van der Waals surface area (Å²) in [6.07, 6.45) is 0.853. The first-order valence-electron chi connectivity index (χ1n) is 5.65. The summed E-state index contributed by atoms with van der Waals surface area (Å²) in [4.78, 5) is 11.8. The number of rotatable bonds is 5. The van der Waals surface area contributed by atoms with Gasteiger partial charge >= 0.3 is 12.0 Å². The van der Waals surface area contributed by atoms with Crippen LogP contribution in [0.2, 0.25) is 5.28 Å². The molecule has 0 saturated carbocycles. The summed E-state index contributed by atoms with van der Waals surface area (Å²) >= 11 is 9.14. The SMILES string of the molecule is CCCOc1nc(Cl)nc(Oc2ccc(Br)cc2)n1. The zero-order valence-corrected chi connectivity index (χ0v) is 12.5. The van der Waals surface area contributed by atoms with Crippen LogP contribution in [0.1, 0.15) is 13.3 Å². The van der Waals surface area contributed by atoms with Crippen molar-refractivity contribution < 1.29 is 9.47 Å². The Kier molecular flexibility index (Phi) is 4.93. The molecule has 0 aliphatic heterocycles. The standard InChI is InChI=1S/C12H11BrClN3O2/c1-2-7-18-11-15-10(14)16-12(17-11)19-9-5-3-8(13)4-6-9/h3-6H,2,7H2,1H3. The number of halogens is 2. The summed E-state index contributed by atoms with van der Waals surface area (Å²) < 4.78 is 11.7. The fourth-order valence-corrected chi connectivity index (χ4v) is 1.64. The number of nitrogens with zero attached hydrogens (tertiary/aromatic N) is 3. The summed E-state index contributed by atoms with van der Waals surface area (Å²) in [6.45, 7) is 2.50. The van der Waals surface area contributed by atoms with Crippen LogP contribution in [0.15, 0.2) is 28.7 Å². The molecule has 0 aliphatic carbocycles. The highest BCUT2D eigenvalue weighted by Gasteiger charge is 2.08. The minimum atomic E-state index is 0.0354. The maximum atomic E-state index is 5.79. The van der Waals surface area contributed by atoms with Gasteiger partial charge in [-0.15, -0.1) is 4.98 Å². The second kappa shape index (κ2) is 6.68. The van der Waals surface area contributed by atoms with E-state index in [0.29, 0.717) is 12.4 Å². The van der Waals surface area contributed by atoms with E-state index in [1.54, 1.807) is 12.1 Å². The van der Waals surface area contributed by atoms with E-state index in [9.17, 15) is 0 Å². The van der Waals surface area contributed by atoms with Crippen LogP contribution in [0.4, 0.5) is 0 Å². The Hall–Kier alpha value is -1.40. The molecule has 0 aliphatic rings. The Morgan fingerprint density at radius 1 is 1.11 bits per heavy atom. The van der Waals surface area contributed by atoms with Crippen molar-refractivity contribution in [2.24, 2.45) is 0 Å². The quantitative estimate of drug-likeness (QED) is 0.824. The highest BCUT2D eigenvalue weighted by Crippen LogP contribution is 2.22. The van der Waals surface area contributed by atoms with E-state index in [2.05, 4.69) is 30.9 Å². The maximum absolute atomic E-state index is 5.79. The lowest BCUT2D eigenvalue weighted by atomic mass is 10.3. The lowest BCUT2D eigenvalue weighted by Crippen LogP contribution is -2.03. The van der Waals surface area contributed by atoms with Crippen molar-refractivity contribution in [3.8, 4) is 17.8 Å². The Morgan fingerprint density at radius 2 is 1.79 bits per heavy atom. The maximum Gasteiger partial charge on any atom is 0.329 e. The molecule has 0 spiro atoms. The number of aromatic nitrogens is 3. The fourth-order valence-electron chi connectivity index (χ4n) is 1.23. The third kappa shape index (κ3) is 4.33. The molecule has 1 aromatic heterocycles. The fraction of sp³-hybridized carbons (Fsp3) is 0.250. The van der Waals surface area contributed by atoms with Gasteiger partial charge in [0.15, 0.2) is 0 Å². The number of hydrogen-bond acceptors (Lipinski definition) is 5. The van der Waals surface area contributed by atoms with Gasteiger partial charge in [0.05, 0.1) is 6.61 Å². The summed E-state index contributed by atoms with van der Waals surface area (Å²) in [5, 5.41) is 0.0354. The number of ether oxygens (including phenoxy) is 2. The Balaban J connectivity index is 2.15. The van der Waals surface area contributed by atoms with Crippen molar-refractivity contribution in [1.29, 1.82) is 0 Å². The monoisotopic (exact) mass is 343 g/mol. The molecule has 0 N–H and O–H groups in total. The van der Waals surface area contributed by atoms with Crippen LogP contribution < -0.4 is 9.47 Å². The van der Waals surface area contributed by atoms with Crippen LogP contribution in [0.25, 0.3) is 0 Å². The molecule has 1 aromatic carbocycles. The van der Waals surface area contributed by atoms with Crippen LogP contribution >= 0.6 is 27.5 Å². The molecule has 0 atom stereocenters. The van der Waals surface area contributed by atoms with E-state index in [1.807, 2.05) is 19.1 Å². The van der Waals surface area contributed by atoms with Crippen molar-refractivity contribution in [1.82, 2.24) is 15.0 Å². The molecule has 0 radical (unpaired) electrons. The van der Waals surface area contributed by atoms with Gasteiger partial charge in [-0.3, -0.25) is 0 Å². The zero-order chi connectivity index (χ0) is 13.7. The van der Waals surface area contributed by atoms with Crippen molar-refractivity contribution in [3.63, 3.8) is 0 Å². The molecule has 0 bridgehead atoms. The summed E-state index contributed by atoms with van der Waals surface area (Å²) in [5.74, 6) is 0.604. The highest BCUT2D eigenvalue weighted by atomic mass is 79.9. The van der Waals surface area contributed by atoms with Gasteiger partial charge in [-0.25, -0.2) is 0 Å². The lowest BCUT2D eigenvalue weighted by molar-refractivity contribution is 0.284. The van der Waals surface area contributed by atoms with Crippen molar-refractivity contribution in [3.05, 3.63) is 34.0 Å². The van der Waals surface area contributed by atoms with Gasteiger partial charge < -0.3 is 9.47 Å². The van der Waals surface area contributed by atoms with E-state index in [4.69, 9.17) is 21.1 Å². The van der Waals surface area contributed by atoms with Gasteiger partial charge in [-0.05, 0) is 42.3 Å². The third-order valence-corrected chi connectivity index (χ3v) is 2.72. The number of benzene rings is 1. The van der Waals surface area contributed by atoms with Crippen LogP contribution in [0.5, 0.6) is 17.8 Å². The second-order valence-corrected chi connectivity index (χ2v) is 4.83. The third-order valence-electron chi connectivity index (χ3n) is 2.03. The largest absolute Gasteiger partial charge is 0.463 e. The van der Waals surface area contributed by atoms with Crippen LogP contribution in [-0.2, 0) is 0 Å². The predicted octanol–water partition coefficient (Wildman–Crippen LogP) is 3.87. The molecule has 2 aromatic rings. The summed E-state index contributed by atoms with van der Waals surface area (Å²) in [7, 11) is 0. The van der Waals surface area contributed by atoms with Crippen molar-refractivity contribution >= 4 is 27.5 Å². The summed E-state index contributed by atoms with van der Waals surface area (Å²) in [6, 6.07) is 7.55. The average Bonchev–Trinajstić information content (AvgIpc) is 2.38. The van der Waals surface area contributed by atoms with E-state index in [-0.39, 0.29) is 17.3 Å². The molecular weight excluding hydrogens is 334 g/mol. The molecular formula is C12H11BrClN3O2. The normalized spacial score (nSPS) is 10.3. The van der Waals surface area contributed by atoms with E-state index in [0.717, 1.165) is 10.9 Å². The first-order chi connectivity index (χ1) is 9.17. The second-order valence-electron chi connectivity index (χ2n) is 3.57. The summed E-state index contributed by atoms with van der Waals surface area (Å²) in [5.41, 5.74) is 0. The predicted molar refractivity (Wildman–Crippen MR) is 74.8 cm³/mol. The molecule has 0 fully saturated rings.